The van der Waals surface area contributed by atoms with Crippen LogP contribution in [0.1, 0.15) is 5.56 Å². The van der Waals surface area contributed by atoms with Gasteiger partial charge in [-0.05, 0) is 23.8 Å². The number of fused-ring (bicyclic) bond motifs is 2. The molecule has 2 aromatic carbocycles. The van der Waals surface area contributed by atoms with E-state index in [9.17, 15) is 13.2 Å². The molecule has 1 aliphatic heterocycles. The first-order chi connectivity index (χ1) is 13.0. The zero-order chi connectivity index (χ0) is 18.6. The van der Waals surface area contributed by atoms with Crippen LogP contribution in [0, 0.1) is 0 Å². The van der Waals surface area contributed by atoms with Crippen molar-refractivity contribution in [2.75, 3.05) is 6.61 Å². The smallest absolute Gasteiger partial charge is 0.416 e. The minimum Gasteiger partial charge on any atom is -0.475 e. The first-order valence-electron chi connectivity index (χ1n) is 8.35. The largest absolute Gasteiger partial charge is 0.475 e. The van der Waals surface area contributed by atoms with Crippen LogP contribution in [-0.2, 0) is 12.7 Å². The second-order valence-electron chi connectivity index (χ2n) is 6.35. The van der Waals surface area contributed by atoms with Crippen LogP contribution in [0.4, 0.5) is 13.2 Å². The Labute approximate surface area is 151 Å². The van der Waals surface area contributed by atoms with Crippen LogP contribution >= 0.6 is 0 Å². The third-order valence-electron chi connectivity index (χ3n) is 4.64. The number of aromatic nitrogens is 4. The fourth-order valence-corrected chi connectivity index (χ4v) is 3.37. The molecule has 1 N–H and O–H groups in total. The molecule has 0 spiro atoms. The summed E-state index contributed by atoms with van der Waals surface area (Å²) in [6.07, 6.45) is -2.70. The molecule has 0 bridgehead atoms. The molecule has 5 rings (SSSR count). The molecule has 0 unspecified atom stereocenters. The molecule has 2 aromatic heterocycles. The molecule has 0 atom stereocenters. The van der Waals surface area contributed by atoms with E-state index >= 15 is 0 Å². The molecule has 136 valence electrons. The normalized spacial score (nSPS) is 13.7. The third kappa shape index (κ3) is 2.56. The van der Waals surface area contributed by atoms with Crippen LogP contribution < -0.4 is 4.74 Å². The molecule has 27 heavy (non-hydrogen) atoms. The molecule has 0 saturated carbocycles. The van der Waals surface area contributed by atoms with Gasteiger partial charge in [-0.3, -0.25) is 5.10 Å². The minimum absolute atomic E-state index is 0.398. The number of halogens is 3. The summed E-state index contributed by atoms with van der Waals surface area (Å²) in [5.41, 5.74) is 2.49. The zero-order valence-corrected chi connectivity index (χ0v) is 13.9. The summed E-state index contributed by atoms with van der Waals surface area (Å²) in [5.74, 6) is 0.571. The van der Waals surface area contributed by atoms with Crippen molar-refractivity contribution in [1.29, 1.82) is 0 Å². The predicted molar refractivity (Wildman–Crippen MR) is 93.2 cm³/mol. The van der Waals surface area contributed by atoms with Gasteiger partial charge in [-0.25, -0.2) is 4.68 Å². The van der Waals surface area contributed by atoms with Gasteiger partial charge in [0, 0.05) is 10.9 Å². The molecule has 3 heterocycles. The molecule has 8 heteroatoms. The average Bonchev–Trinajstić information content (AvgIpc) is 3.35. The molecule has 0 amide bonds. The highest BCUT2D eigenvalue weighted by Gasteiger charge is 2.32. The number of H-pyrrole nitrogens is 1. The molecule has 5 nitrogen and oxygen atoms in total. The van der Waals surface area contributed by atoms with Gasteiger partial charge in [0.2, 0.25) is 5.88 Å². The van der Waals surface area contributed by atoms with Crippen molar-refractivity contribution >= 4 is 10.9 Å². The number of hydrogen-bond acceptors (Lipinski definition) is 3. The number of nitrogens with one attached hydrogen (secondary N) is 1. The SMILES string of the molecule is FC(F)(F)c1cccc(-c2nn3c(c2-c2ccc4cn[nH]c4c2)OCC3)c1. The summed E-state index contributed by atoms with van der Waals surface area (Å²) >= 11 is 0. The molecule has 1 aliphatic rings. The Morgan fingerprint density at radius 2 is 1.96 bits per heavy atom. The van der Waals surface area contributed by atoms with Crippen molar-refractivity contribution in [3.8, 4) is 28.3 Å². The van der Waals surface area contributed by atoms with Gasteiger partial charge in [0.25, 0.3) is 0 Å². The molecular formula is C19H13F3N4O. The highest BCUT2D eigenvalue weighted by molar-refractivity contribution is 5.90. The number of rotatable bonds is 2. The number of benzene rings is 2. The quantitative estimate of drug-likeness (QED) is 0.565. The first-order valence-corrected chi connectivity index (χ1v) is 8.35. The van der Waals surface area contributed by atoms with E-state index in [-0.39, 0.29) is 0 Å². The number of hydrogen-bond donors (Lipinski definition) is 1. The van der Waals surface area contributed by atoms with Crippen LogP contribution in [-0.4, -0.2) is 26.6 Å². The van der Waals surface area contributed by atoms with E-state index in [1.165, 1.54) is 6.07 Å². The summed E-state index contributed by atoms with van der Waals surface area (Å²) < 4.78 is 46.9. The van der Waals surface area contributed by atoms with Crippen molar-refractivity contribution in [3.63, 3.8) is 0 Å². The van der Waals surface area contributed by atoms with Crippen molar-refractivity contribution in [1.82, 2.24) is 20.0 Å². The second-order valence-corrected chi connectivity index (χ2v) is 6.35. The Bertz CT molecular complexity index is 1160. The maximum atomic E-state index is 13.1. The van der Waals surface area contributed by atoms with Gasteiger partial charge in [-0.15, -0.1) is 0 Å². The highest BCUT2D eigenvalue weighted by atomic mass is 19.4. The second kappa shape index (κ2) is 5.60. The summed E-state index contributed by atoms with van der Waals surface area (Å²) in [7, 11) is 0. The van der Waals surface area contributed by atoms with E-state index in [0.29, 0.717) is 35.9 Å². The van der Waals surface area contributed by atoms with Crippen molar-refractivity contribution in [2.24, 2.45) is 0 Å². The van der Waals surface area contributed by atoms with E-state index < -0.39 is 11.7 Å². The standard InChI is InChI=1S/C19H13F3N4O/c20-19(21,22)14-3-1-2-12(8-14)17-16(18-26(25-17)6-7-27-18)11-4-5-13-10-23-24-15(13)9-11/h1-5,8-10H,6-7H2,(H,23,24). The lowest BCUT2D eigenvalue weighted by Gasteiger charge is -2.09. The van der Waals surface area contributed by atoms with Gasteiger partial charge in [0.15, 0.2) is 0 Å². The fraction of sp³-hybridized carbons (Fsp3) is 0.158. The molecule has 0 aliphatic carbocycles. The van der Waals surface area contributed by atoms with Gasteiger partial charge in [-0.1, -0.05) is 24.3 Å². The zero-order valence-electron chi connectivity index (χ0n) is 13.9. The van der Waals surface area contributed by atoms with Gasteiger partial charge >= 0.3 is 6.18 Å². The average molecular weight is 370 g/mol. The molecule has 4 aromatic rings. The van der Waals surface area contributed by atoms with E-state index in [0.717, 1.165) is 28.6 Å². The van der Waals surface area contributed by atoms with Crippen LogP contribution in [0.15, 0.2) is 48.7 Å². The predicted octanol–water partition coefficient (Wildman–Crippen LogP) is 4.50. The molecule has 0 radical (unpaired) electrons. The summed E-state index contributed by atoms with van der Waals surface area (Å²) in [6.45, 7) is 1.05. The number of nitrogens with zero attached hydrogens (tertiary/aromatic N) is 3. The minimum atomic E-state index is -4.41. The van der Waals surface area contributed by atoms with Crippen LogP contribution in [0.5, 0.6) is 5.88 Å². The summed E-state index contributed by atoms with van der Waals surface area (Å²) in [4.78, 5) is 0. The number of aromatic amines is 1. The first kappa shape index (κ1) is 15.9. The van der Waals surface area contributed by atoms with Gasteiger partial charge in [-0.2, -0.15) is 23.4 Å². The van der Waals surface area contributed by atoms with Gasteiger partial charge < -0.3 is 4.74 Å². The Hall–Kier alpha value is -3.29. The molecule has 0 saturated heterocycles. The Morgan fingerprint density at radius 1 is 1.07 bits per heavy atom. The van der Waals surface area contributed by atoms with Gasteiger partial charge in [0.05, 0.1) is 29.4 Å². The maximum absolute atomic E-state index is 13.1. The Morgan fingerprint density at radius 3 is 2.81 bits per heavy atom. The maximum Gasteiger partial charge on any atom is 0.416 e. The van der Waals surface area contributed by atoms with E-state index in [4.69, 9.17) is 4.74 Å². The van der Waals surface area contributed by atoms with Crippen LogP contribution in [0.2, 0.25) is 0 Å². The van der Waals surface area contributed by atoms with E-state index in [2.05, 4.69) is 15.3 Å². The lowest BCUT2D eigenvalue weighted by atomic mass is 9.99. The topological polar surface area (TPSA) is 55.7 Å². The fourth-order valence-electron chi connectivity index (χ4n) is 3.37. The van der Waals surface area contributed by atoms with Crippen molar-refractivity contribution in [2.45, 2.75) is 12.7 Å². The lowest BCUT2D eigenvalue weighted by Crippen LogP contribution is -2.04. The Balaban J connectivity index is 1.72. The van der Waals surface area contributed by atoms with Crippen LogP contribution in [0.25, 0.3) is 33.3 Å². The molecular weight excluding hydrogens is 357 g/mol. The highest BCUT2D eigenvalue weighted by Crippen LogP contribution is 2.42. The monoisotopic (exact) mass is 370 g/mol. The number of ether oxygens (including phenoxy) is 1. The van der Waals surface area contributed by atoms with E-state index in [1.807, 2.05) is 18.2 Å². The molecule has 0 fully saturated rings. The van der Waals surface area contributed by atoms with Crippen molar-refractivity contribution in [3.05, 3.63) is 54.2 Å². The van der Waals surface area contributed by atoms with Gasteiger partial charge in [0.1, 0.15) is 12.3 Å². The van der Waals surface area contributed by atoms with E-state index in [1.54, 1.807) is 16.9 Å². The number of alkyl halides is 3. The Kier molecular flexibility index (Phi) is 3.30. The van der Waals surface area contributed by atoms with Crippen molar-refractivity contribution < 1.29 is 17.9 Å². The van der Waals surface area contributed by atoms with Crippen LogP contribution in [0.3, 0.4) is 0 Å². The summed E-state index contributed by atoms with van der Waals surface area (Å²) in [5, 5.41) is 12.4. The lowest BCUT2D eigenvalue weighted by molar-refractivity contribution is -0.137. The third-order valence-corrected chi connectivity index (χ3v) is 4.64. The summed E-state index contributed by atoms with van der Waals surface area (Å²) in [6, 6.07) is 10.9.